The van der Waals surface area contributed by atoms with Crippen molar-refractivity contribution in [3.05, 3.63) is 24.3 Å². The molecule has 0 aliphatic heterocycles. The van der Waals surface area contributed by atoms with Crippen molar-refractivity contribution in [1.82, 2.24) is 0 Å². The maximum absolute atomic E-state index is 12.7. The van der Waals surface area contributed by atoms with Crippen molar-refractivity contribution in [3.63, 3.8) is 0 Å². The Balaban J connectivity index is 1.24. The van der Waals surface area contributed by atoms with Crippen LogP contribution in [-0.2, 0) is 14.9 Å². The van der Waals surface area contributed by atoms with Crippen molar-refractivity contribution in [1.29, 1.82) is 0 Å². The molecule has 4 saturated carbocycles. The molecule has 0 bridgehead atoms. The van der Waals surface area contributed by atoms with E-state index in [0.717, 1.165) is 38.5 Å². The number of rotatable bonds is 6. The highest BCUT2D eigenvalue weighted by Crippen LogP contribution is 2.68. The number of hydrogen-bond acceptors (Lipinski definition) is 6. The SMILES string of the molecule is C[C@H](CCC(=O)Nc1ccc(S(=O)(=O)O)cc1)C1CCC2C3C(O)CC4CC(O)CC[C@]4(C)C3CC(O)[C@@]21C. The summed E-state index contributed by atoms with van der Waals surface area (Å²) in [6, 6.07) is 5.41. The second-order valence-corrected chi connectivity index (χ2v) is 15.0. The standard InChI is InChI=1S/C30H45NO7S/c1-17(4-11-27(35)31-19-5-7-21(8-6-19)39(36,37)38)22-9-10-23-28-24(16-26(34)30(22,23)3)29(2)13-12-20(32)14-18(29)15-25(28)33/h5-8,17-18,20,22-26,28,32-34H,4,9-16H2,1-3H3,(H,31,35)(H,36,37,38)/t17-,18?,20?,22?,23?,24?,25?,26?,28?,29+,30-/m1/s1. The first-order chi connectivity index (χ1) is 18.2. The molecule has 8 unspecified atom stereocenters. The summed E-state index contributed by atoms with van der Waals surface area (Å²) in [5, 5.41) is 36.3. The fraction of sp³-hybridized carbons (Fsp3) is 0.767. The quantitative estimate of drug-likeness (QED) is 0.326. The highest BCUT2D eigenvalue weighted by Gasteiger charge is 2.65. The molecule has 4 aliphatic rings. The number of benzene rings is 1. The van der Waals surface area contributed by atoms with Crippen molar-refractivity contribution >= 4 is 21.7 Å². The van der Waals surface area contributed by atoms with Gasteiger partial charge in [-0.25, -0.2) is 0 Å². The van der Waals surface area contributed by atoms with Crippen molar-refractivity contribution in [3.8, 4) is 0 Å². The van der Waals surface area contributed by atoms with Gasteiger partial charge in [-0.2, -0.15) is 8.42 Å². The van der Waals surface area contributed by atoms with Crippen molar-refractivity contribution < 1.29 is 33.1 Å². The van der Waals surface area contributed by atoms with Gasteiger partial charge in [0.25, 0.3) is 10.1 Å². The van der Waals surface area contributed by atoms with Gasteiger partial charge >= 0.3 is 0 Å². The Labute approximate surface area is 232 Å². The summed E-state index contributed by atoms with van der Waals surface area (Å²) in [6.07, 6.45) is 5.75. The lowest BCUT2D eigenvalue weighted by Crippen LogP contribution is -2.62. The van der Waals surface area contributed by atoms with Crippen molar-refractivity contribution in [2.45, 2.75) is 102 Å². The molecule has 5 rings (SSSR count). The minimum atomic E-state index is -4.28. The van der Waals surface area contributed by atoms with E-state index in [4.69, 9.17) is 4.55 Å². The molecular weight excluding hydrogens is 518 g/mol. The fourth-order valence-corrected chi connectivity index (χ4v) is 10.1. The Morgan fingerprint density at radius 1 is 1.03 bits per heavy atom. The van der Waals surface area contributed by atoms with Crippen LogP contribution in [0.5, 0.6) is 0 Å². The molecule has 1 amide bonds. The molecule has 5 N–H and O–H groups in total. The molecular formula is C30H45NO7S. The molecule has 218 valence electrons. The zero-order chi connectivity index (χ0) is 28.3. The van der Waals surface area contributed by atoms with E-state index < -0.39 is 22.3 Å². The van der Waals surface area contributed by atoms with E-state index >= 15 is 0 Å². The number of hydrogen-bond donors (Lipinski definition) is 5. The molecule has 11 atom stereocenters. The van der Waals surface area contributed by atoms with Crippen LogP contribution in [-0.4, -0.2) is 52.5 Å². The van der Waals surface area contributed by atoms with Crippen LogP contribution in [0, 0.1) is 46.3 Å². The van der Waals surface area contributed by atoms with Crippen LogP contribution in [0.15, 0.2) is 29.2 Å². The van der Waals surface area contributed by atoms with Gasteiger partial charge in [-0.1, -0.05) is 20.8 Å². The molecule has 1 aromatic rings. The lowest BCUT2D eigenvalue weighted by Gasteiger charge is -2.63. The number of carbonyl (C=O) groups is 1. The van der Waals surface area contributed by atoms with Crippen LogP contribution < -0.4 is 5.32 Å². The second kappa shape index (κ2) is 10.4. The number of anilines is 1. The van der Waals surface area contributed by atoms with Crippen LogP contribution in [0.25, 0.3) is 0 Å². The average Bonchev–Trinajstić information content (AvgIpc) is 3.22. The van der Waals surface area contributed by atoms with Gasteiger partial charge in [-0.15, -0.1) is 0 Å². The summed E-state index contributed by atoms with van der Waals surface area (Å²) in [5.41, 5.74) is 0.211. The minimum absolute atomic E-state index is 0.0484. The largest absolute Gasteiger partial charge is 0.393 e. The van der Waals surface area contributed by atoms with Gasteiger partial charge in [0.2, 0.25) is 5.91 Å². The van der Waals surface area contributed by atoms with E-state index in [0.29, 0.717) is 30.9 Å². The summed E-state index contributed by atoms with van der Waals surface area (Å²) < 4.78 is 31.6. The van der Waals surface area contributed by atoms with Gasteiger partial charge in [0.15, 0.2) is 0 Å². The van der Waals surface area contributed by atoms with Crippen LogP contribution in [0.3, 0.4) is 0 Å². The molecule has 0 aromatic heterocycles. The van der Waals surface area contributed by atoms with Crippen molar-refractivity contribution in [2.24, 2.45) is 46.3 Å². The first kappa shape index (κ1) is 29.0. The lowest BCUT2D eigenvalue weighted by atomic mass is 9.43. The Hall–Kier alpha value is -1.52. The fourth-order valence-electron chi connectivity index (χ4n) is 9.63. The summed E-state index contributed by atoms with van der Waals surface area (Å²) in [7, 11) is -4.28. The highest BCUT2D eigenvalue weighted by atomic mass is 32.2. The first-order valence-electron chi connectivity index (χ1n) is 14.7. The number of aliphatic hydroxyl groups excluding tert-OH is 3. The lowest BCUT2D eigenvalue weighted by molar-refractivity contribution is -0.207. The van der Waals surface area contributed by atoms with Gasteiger partial charge in [-0.3, -0.25) is 9.35 Å². The Morgan fingerprint density at radius 2 is 1.72 bits per heavy atom. The van der Waals surface area contributed by atoms with Crippen LogP contribution >= 0.6 is 0 Å². The van der Waals surface area contributed by atoms with Gasteiger partial charge in [-0.05, 0) is 122 Å². The zero-order valence-electron chi connectivity index (χ0n) is 23.3. The topological polar surface area (TPSA) is 144 Å². The van der Waals surface area contributed by atoms with Crippen LogP contribution in [0.1, 0.15) is 78.6 Å². The third-order valence-corrected chi connectivity index (χ3v) is 12.7. The summed E-state index contributed by atoms with van der Waals surface area (Å²) in [5.74, 6) is 1.28. The number of carbonyl (C=O) groups excluding carboxylic acids is 1. The van der Waals surface area contributed by atoms with E-state index in [1.807, 2.05) is 0 Å². The molecule has 4 fully saturated rings. The van der Waals surface area contributed by atoms with E-state index in [1.54, 1.807) is 0 Å². The van der Waals surface area contributed by atoms with E-state index in [-0.39, 0.29) is 57.3 Å². The van der Waals surface area contributed by atoms with Gasteiger partial charge in [0, 0.05) is 12.1 Å². The smallest absolute Gasteiger partial charge is 0.294 e. The van der Waals surface area contributed by atoms with E-state index in [1.165, 1.54) is 24.3 Å². The number of aliphatic hydroxyl groups is 3. The number of fused-ring (bicyclic) bond motifs is 5. The Bertz CT molecular complexity index is 1170. The maximum Gasteiger partial charge on any atom is 0.294 e. The predicted octanol–water partition coefficient (Wildman–Crippen LogP) is 4.25. The average molecular weight is 564 g/mol. The molecule has 4 aliphatic carbocycles. The second-order valence-electron chi connectivity index (χ2n) is 13.6. The number of nitrogens with one attached hydrogen (secondary N) is 1. The van der Waals surface area contributed by atoms with E-state index in [2.05, 4.69) is 26.1 Å². The predicted molar refractivity (Wildman–Crippen MR) is 147 cm³/mol. The molecule has 0 spiro atoms. The maximum atomic E-state index is 12.7. The molecule has 39 heavy (non-hydrogen) atoms. The number of amides is 1. The van der Waals surface area contributed by atoms with Gasteiger partial charge < -0.3 is 20.6 Å². The normalized spacial score (nSPS) is 42.6. The highest BCUT2D eigenvalue weighted by molar-refractivity contribution is 7.85. The minimum Gasteiger partial charge on any atom is -0.393 e. The molecule has 0 saturated heterocycles. The summed E-state index contributed by atoms with van der Waals surface area (Å²) in [4.78, 5) is 12.5. The monoisotopic (exact) mass is 563 g/mol. The third kappa shape index (κ3) is 5.07. The van der Waals surface area contributed by atoms with Gasteiger partial charge in [0.05, 0.1) is 23.2 Å². The van der Waals surface area contributed by atoms with Gasteiger partial charge in [0.1, 0.15) is 0 Å². The van der Waals surface area contributed by atoms with Crippen molar-refractivity contribution in [2.75, 3.05) is 5.32 Å². The zero-order valence-corrected chi connectivity index (χ0v) is 24.1. The molecule has 1 aromatic carbocycles. The third-order valence-electron chi connectivity index (χ3n) is 11.8. The van der Waals surface area contributed by atoms with E-state index in [9.17, 15) is 28.5 Å². The summed E-state index contributed by atoms with van der Waals surface area (Å²) >= 11 is 0. The first-order valence-corrected chi connectivity index (χ1v) is 16.1. The van der Waals surface area contributed by atoms with Crippen LogP contribution in [0.4, 0.5) is 5.69 Å². The molecule has 0 radical (unpaired) electrons. The summed E-state index contributed by atoms with van der Waals surface area (Å²) in [6.45, 7) is 6.73. The van der Waals surface area contributed by atoms with Crippen LogP contribution in [0.2, 0.25) is 0 Å². The Morgan fingerprint density at radius 3 is 2.38 bits per heavy atom. The molecule has 0 heterocycles. The molecule has 8 nitrogen and oxygen atoms in total. The molecule has 9 heteroatoms. The Kier molecular flexibility index (Phi) is 7.72.